The molecular formula is C15H20ClN3. The van der Waals surface area contributed by atoms with Crippen LogP contribution in [0.25, 0.3) is 0 Å². The number of imidazole rings is 1. The molecule has 4 heteroatoms. The first kappa shape index (κ1) is 14.1. The van der Waals surface area contributed by atoms with Gasteiger partial charge in [-0.15, -0.1) is 0 Å². The zero-order valence-corrected chi connectivity index (χ0v) is 11.9. The maximum atomic E-state index is 6.31. The zero-order chi connectivity index (χ0) is 13.7. The van der Waals surface area contributed by atoms with Crippen LogP contribution in [0.4, 0.5) is 0 Å². The monoisotopic (exact) mass is 277 g/mol. The third-order valence-electron chi connectivity index (χ3n) is 3.39. The maximum absolute atomic E-state index is 6.31. The smallest absolute Gasteiger partial charge is 0.0948 e. The van der Waals surface area contributed by atoms with Crippen LogP contribution in [0, 0.1) is 0 Å². The first-order valence-electron chi connectivity index (χ1n) is 6.69. The van der Waals surface area contributed by atoms with E-state index in [1.165, 1.54) is 0 Å². The van der Waals surface area contributed by atoms with Crippen molar-refractivity contribution in [1.29, 1.82) is 0 Å². The quantitative estimate of drug-likeness (QED) is 0.868. The Morgan fingerprint density at radius 1 is 1.32 bits per heavy atom. The lowest BCUT2D eigenvalue weighted by atomic mass is 9.97. The molecule has 0 aliphatic heterocycles. The van der Waals surface area contributed by atoms with Crippen LogP contribution >= 0.6 is 11.6 Å². The molecule has 0 saturated carbocycles. The Morgan fingerprint density at radius 2 is 2.05 bits per heavy atom. The largest absolute Gasteiger partial charge is 0.334 e. The summed E-state index contributed by atoms with van der Waals surface area (Å²) in [6.07, 6.45) is 8.85. The molecule has 0 amide bonds. The second-order valence-corrected chi connectivity index (χ2v) is 5.28. The minimum Gasteiger partial charge on any atom is -0.334 e. The molecule has 0 saturated heterocycles. The lowest BCUT2D eigenvalue weighted by Gasteiger charge is -2.22. The van der Waals surface area contributed by atoms with E-state index in [-0.39, 0.29) is 6.04 Å². The van der Waals surface area contributed by atoms with E-state index >= 15 is 0 Å². The molecule has 1 aromatic heterocycles. The minimum atomic E-state index is 0.0243. The highest BCUT2D eigenvalue weighted by molar-refractivity contribution is 6.30. The average molecular weight is 278 g/mol. The lowest BCUT2D eigenvalue weighted by Crippen LogP contribution is -2.17. The molecule has 2 atom stereocenters. The molecule has 1 heterocycles. The number of nitrogens with zero attached hydrogens (tertiary/aromatic N) is 2. The summed E-state index contributed by atoms with van der Waals surface area (Å²) in [4.78, 5) is 4.12. The first-order valence-corrected chi connectivity index (χ1v) is 7.07. The Labute approximate surface area is 119 Å². The molecule has 19 heavy (non-hydrogen) atoms. The van der Waals surface area contributed by atoms with Gasteiger partial charge in [0.05, 0.1) is 6.33 Å². The summed E-state index contributed by atoms with van der Waals surface area (Å²) in [5, 5.41) is 0.746. The Morgan fingerprint density at radius 3 is 2.63 bits per heavy atom. The van der Waals surface area contributed by atoms with Gasteiger partial charge in [0.2, 0.25) is 0 Å². The minimum absolute atomic E-state index is 0.0243. The van der Waals surface area contributed by atoms with E-state index in [2.05, 4.69) is 16.5 Å². The molecule has 0 bridgehead atoms. The summed E-state index contributed by atoms with van der Waals surface area (Å²) in [5.74, 6) is 0. The van der Waals surface area contributed by atoms with Gasteiger partial charge in [-0.05, 0) is 30.5 Å². The van der Waals surface area contributed by atoms with Gasteiger partial charge < -0.3 is 10.3 Å². The van der Waals surface area contributed by atoms with E-state index in [4.69, 9.17) is 17.3 Å². The highest BCUT2D eigenvalue weighted by Gasteiger charge is 2.15. The van der Waals surface area contributed by atoms with Gasteiger partial charge in [0, 0.05) is 29.5 Å². The Kier molecular flexibility index (Phi) is 5.00. The predicted octanol–water partition coefficient (Wildman–Crippen LogP) is 3.97. The van der Waals surface area contributed by atoms with E-state index in [0.717, 1.165) is 29.8 Å². The lowest BCUT2D eigenvalue weighted by molar-refractivity contribution is 0.397. The van der Waals surface area contributed by atoms with Crippen LogP contribution in [0.3, 0.4) is 0 Å². The van der Waals surface area contributed by atoms with E-state index in [1.54, 1.807) is 0 Å². The van der Waals surface area contributed by atoms with Crippen molar-refractivity contribution in [3.05, 3.63) is 53.6 Å². The van der Waals surface area contributed by atoms with E-state index in [9.17, 15) is 0 Å². The molecule has 1 aromatic carbocycles. The standard InChI is InChI=1S/C15H20ClN3/c1-2-3-14(19-9-8-18-11-19)10-15(17)12-4-6-13(16)7-5-12/h4-9,11,14-15H,2-3,10,17H2,1H3. The second-order valence-electron chi connectivity index (χ2n) is 4.85. The van der Waals surface area contributed by atoms with Gasteiger partial charge in [-0.1, -0.05) is 37.1 Å². The average Bonchev–Trinajstić information content (AvgIpc) is 2.92. The van der Waals surface area contributed by atoms with Crippen LogP contribution in [0.2, 0.25) is 5.02 Å². The van der Waals surface area contributed by atoms with Crippen molar-refractivity contribution in [2.45, 2.75) is 38.3 Å². The van der Waals surface area contributed by atoms with Crippen LogP contribution in [0.15, 0.2) is 43.0 Å². The number of rotatable bonds is 6. The molecule has 0 spiro atoms. The van der Waals surface area contributed by atoms with Crippen molar-refractivity contribution < 1.29 is 0 Å². The topological polar surface area (TPSA) is 43.8 Å². The zero-order valence-electron chi connectivity index (χ0n) is 11.2. The Bertz CT molecular complexity index is 479. The number of halogens is 1. The van der Waals surface area contributed by atoms with E-state index in [0.29, 0.717) is 6.04 Å². The molecule has 2 aromatic rings. The summed E-state index contributed by atoms with van der Waals surface area (Å²) < 4.78 is 2.15. The van der Waals surface area contributed by atoms with Gasteiger partial charge in [0.15, 0.2) is 0 Å². The number of benzene rings is 1. The highest BCUT2D eigenvalue weighted by Crippen LogP contribution is 2.26. The highest BCUT2D eigenvalue weighted by atomic mass is 35.5. The van der Waals surface area contributed by atoms with Crippen molar-refractivity contribution in [3.8, 4) is 0 Å². The molecule has 102 valence electrons. The van der Waals surface area contributed by atoms with Crippen molar-refractivity contribution >= 4 is 11.6 Å². The molecule has 3 nitrogen and oxygen atoms in total. The number of hydrogen-bond acceptors (Lipinski definition) is 2. The molecule has 2 rings (SSSR count). The first-order chi connectivity index (χ1) is 9.20. The molecule has 0 fully saturated rings. The number of nitrogens with two attached hydrogens (primary N) is 1. The van der Waals surface area contributed by atoms with Crippen LogP contribution in [-0.2, 0) is 0 Å². The third-order valence-corrected chi connectivity index (χ3v) is 3.64. The van der Waals surface area contributed by atoms with Crippen molar-refractivity contribution in [3.63, 3.8) is 0 Å². The number of aromatic nitrogens is 2. The Hall–Kier alpha value is -1.32. The molecular weight excluding hydrogens is 258 g/mol. The van der Waals surface area contributed by atoms with Crippen LogP contribution in [0.1, 0.15) is 43.8 Å². The van der Waals surface area contributed by atoms with Crippen LogP contribution in [-0.4, -0.2) is 9.55 Å². The van der Waals surface area contributed by atoms with Gasteiger partial charge in [0.25, 0.3) is 0 Å². The second kappa shape index (κ2) is 6.73. The van der Waals surface area contributed by atoms with Gasteiger partial charge in [-0.2, -0.15) is 0 Å². The van der Waals surface area contributed by atoms with Crippen molar-refractivity contribution in [1.82, 2.24) is 9.55 Å². The Balaban J connectivity index is 2.06. The van der Waals surface area contributed by atoms with Crippen molar-refractivity contribution in [2.75, 3.05) is 0 Å². The van der Waals surface area contributed by atoms with Crippen molar-refractivity contribution in [2.24, 2.45) is 5.73 Å². The molecule has 0 radical (unpaired) electrons. The molecule has 0 aliphatic carbocycles. The normalized spacial score (nSPS) is 14.3. The van der Waals surface area contributed by atoms with Gasteiger partial charge in [0.1, 0.15) is 0 Å². The van der Waals surface area contributed by atoms with E-state index in [1.807, 2.05) is 43.0 Å². The summed E-state index contributed by atoms with van der Waals surface area (Å²) in [6, 6.07) is 8.22. The molecule has 2 N–H and O–H groups in total. The maximum Gasteiger partial charge on any atom is 0.0948 e. The van der Waals surface area contributed by atoms with E-state index < -0.39 is 0 Å². The summed E-state index contributed by atoms with van der Waals surface area (Å²) >= 11 is 5.90. The van der Waals surface area contributed by atoms with Gasteiger partial charge in [-0.25, -0.2) is 4.98 Å². The summed E-state index contributed by atoms with van der Waals surface area (Å²) in [7, 11) is 0. The molecule has 2 unspecified atom stereocenters. The summed E-state index contributed by atoms with van der Waals surface area (Å²) in [5.41, 5.74) is 7.44. The van der Waals surface area contributed by atoms with Crippen LogP contribution in [0.5, 0.6) is 0 Å². The van der Waals surface area contributed by atoms with Crippen LogP contribution < -0.4 is 5.73 Å². The van der Waals surface area contributed by atoms with Gasteiger partial charge in [-0.3, -0.25) is 0 Å². The molecule has 0 aliphatic rings. The predicted molar refractivity (Wildman–Crippen MR) is 79.2 cm³/mol. The van der Waals surface area contributed by atoms with Gasteiger partial charge >= 0.3 is 0 Å². The number of hydrogen-bond donors (Lipinski definition) is 1. The third kappa shape index (κ3) is 3.82. The summed E-state index contributed by atoms with van der Waals surface area (Å²) in [6.45, 7) is 2.19. The fourth-order valence-corrected chi connectivity index (χ4v) is 2.47. The fourth-order valence-electron chi connectivity index (χ4n) is 2.35. The fraction of sp³-hybridized carbons (Fsp3) is 0.400. The SMILES string of the molecule is CCCC(CC(N)c1ccc(Cl)cc1)n1ccnc1.